The van der Waals surface area contributed by atoms with Crippen molar-refractivity contribution < 1.29 is 4.79 Å². The van der Waals surface area contributed by atoms with Crippen LogP contribution in [0.25, 0.3) is 0 Å². The number of carbonyl (C=O) groups is 1. The van der Waals surface area contributed by atoms with E-state index >= 15 is 0 Å². The molecule has 1 aromatic carbocycles. The molecule has 0 saturated heterocycles. The summed E-state index contributed by atoms with van der Waals surface area (Å²) in [5.41, 5.74) is 3.81. The van der Waals surface area contributed by atoms with Crippen LogP contribution in [0.3, 0.4) is 0 Å². The number of hydrogen-bond donors (Lipinski definition) is 1. The van der Waals surface area contributed by atoms with Gasteiger partial charge < -0.3 is 5.32 Å². The third-order valence-electron chi connectivity index (χ3n) is 2.74. The second-order valence-electron chi connectivity index (χ2n) is 4.53. The van der Waals surface area contributed by atoms with E-state index in [9.17, 15) is 4.79 Å². The quantitative estimate of drug-likeness (QED) is 0.805. The Balaban J connectivity index is 2.08. The summed E-state index contributed by atoms with van der Waals surface area (Å²) in [6.45, 7) is 4.00. The molecule has 1 amide bonds. The van der Waals surface area contributed by atoms with Crippen molar-refractivity contribution in [2.24, 2.45) is 0 Å². The van der Waals surface area contributed by atoms with Gasteiger partial charge in [0, 0.05) is 9.85 Å². The van der Waals surface area contributed by atoms with Crippen molar-refractivity contribution in [3.8, 4) is 0 Å². The molecule has 0 aliphatic rings. The number of thiazole rings is 1. The third kappa shape index (κ3) is 3.81. The van der Waals surface area contributed by atoms with Crippen LogP contribution in [0.5, 0.6) is 0 Å². The Hall–Kier alpha value is -0.910. The van der Waals surface area contributed by atoms with Crippen molar-refractivity contribution in [2.45, 2.75) is 26.1 Å². The molecule has 106 valence electrons. The van der Waals surface area contributed by atoms with E-state index in [-0.39, 0.29) is 12.3 Å². The average Bonchev–Trinajstić information content (AvgIpc) is 2.81. The number of alkyl halides is 1. The molecule has 1 N–H and O–H groups in total. The molecule has 0 aliphatic heterocycles. The lowest BCUT2D eigenvalue weighted by atomic mass is 10.1. The lowest BCUT2D eigenvalue weighted by Gasteiger charge is -2.11. The minimum atomic E-state index is -0.0758. The number of carbonyl (C=O) groups excluding carboxylic acids is 1. The van der Waals surface area contributed by atoms with Crippen molar-refractivity contribution in [2.75, 3.05) is 5.32 Å². The summed E-state index contributed by atoms with van der Waals surface area (Å²) in [4.78, 5) is 16.4. The highest BCUT2D eigenvalue weighted by Crippen LogP contribution is 2.28. The highest BCUT2D eigenvalue weighted by atomic mass is 79.9. The summed E-state index contributed by atoms with van der Waals surface area (Å²) in [6, 6.07) is 4.02. The molecule has 0 unspecified atom stereocenters. The first kappa shape index (κ1) is 15.5. The molecule has 0 bridgehead atoms. The molecule has 0 saturated carbocycles. The van der Waals surface area contributed by atoms with E-state index in [1.54, 1.807) is 0 Å². The summed E-state index contributed by atoms with van der Waals surface area (Å²) < 4.78 is 0.893. The van der Waals surface area contributed by atoms with Gasteiger partial charge in [0.05, 0.1) is 23.7 Å². The Morgan fingerprint density at radius 3 is 2.80 bits per heavy atom. The van der Waals surface area contributed by atoms with Gasteiger partial charge in [-0.05, 0) is 47.0 Å². The van der Waals surface area contributed by atoms with Crippen molar-refractivity contribution in [3.63, 3.8) is 0 Å². The van der Waals surface area contributed by atoms with Gasteiger partial charge >= 0.3 is 0 Å². The van der Waals surface area contributed by atoms with Crippen LogP contribution in [0.4, 0.5) is 5.69 Å². The van der Waals surface area contributed by atoms with Crippen molar-refractivity contribution in [1.82, 2.24) is 4.98 Å². The van der Waals surface area contributed by atoms with Crippen LogP contribution in [0.2, 0.25) is 0 Å². The van der Waals surface area contributed by atoms with Crippen molar-refractivity contribution in [1.29, 1.82) is 0 Å². The zero-order chi connectivity index (χ0) is 14.7. The van der Waals surface area contributed by atoms with Gasteiger partial charge in [0.1, 0.15) is 5.01 Å². The Kier molecular flexibility index (Phi) is 5.18. The van der Waals surface area contributed by atoms with Crippen LogP contribution >= 0.6 is 38.9 Å². The summed E-state index contributed by atoms with van der Waals surface area (Å²) in [6.07, 6.45) is 0.265. The van der Waals surface area contributed by atoms with E-state index in [0.29, 0.717) is 5.88 Å². The van der Waals surface area contributed by atoms with Gasteiger partial charge in [-0.25, -0.2) is 4.98 Å². The molecule has 0 fully saturated rings. The Bertz CT molecular complexity index is 619. The van der Waals surface area contributed by atoms with Crippen LogP contribution < -0.4 is 5.32 Å². The summed E-state index contributed by atoms with van der Waals surface area (Å²) in [5.74, 6) is 0.300. The third-order valence-corrected chi connectivity index (χ3v) is 4.54. The zero-order valence-corrected chi connectivity index (χ0v) is 14.3. The molecule has 2 rings (SSSR count). The fourth-order valence-electron chi connectivity index (χ4n) is 1.89. The number of hydrogen-bond acceptors (Lipinski definition) is 3. The van der Waals surface area contributed by atoms with Crippen LogP contribution in [0.15, 0.2) is 22.0 Å². The van der Waals surface area contributed by atoms with Crippen LogP contribution in [-0.2, 0) is 17.1 Å². The lowest BCUT2D eigenvalue weighted by Crippen LogP contribution is -2.15. The van der Waals surface area contributed by atoms with E-state index in [2.05, 4.69) is 26.2 Å². The van der Waals surface area contributed by atoms with Gasteiger partial charge in [0.15, 0.2) is 0 Å². The van der Waals surface area contributed by atoms with E-state index in [1.807, 2.05) is 31.4 Å². The molecular formula is C14H14BrClN2OS. The van der Waals surface area contributed by atoms with Gasteiger partial charge in [-0.1, -0.05) is 6.07 Å². The molecule has 1 heterocycles. The Labute approximate surface area is 135 Å². The van der Waals surface area contributed by atoms with Crippen LogP contribution in [-0.4, -0.2) is 10.9 Å². The Morgan fingerprint density at radius 2 is 2.20 bits per heavy atom. The standard InChI is InChI=1S/C14H14BrClN2OS/c1-8-3-9(2)14(11(15)4-8)18-12(19)5-13-17-10(6-16)7-20-13/h3-4,7H,5-6H2,1-2H3,(H,18,19). The predicted octanol–water partition coefficient (Wildman–Crippen LogP) is 4.44. The smallest absolute Gasteiger partial charge is 0.231 e. The molecule has 0 atom stereocenters. The molecule has 1 aromatic heterocycles. The van der Waals surface area contributed by atoms with Gasteiger partial charge in [-0.2, -0.15) is 0 Å². The molecule has 6 heteroatoms. The fourth-order valence-corrected chi connectivity index (χ4v) is 3.68. The minimum Gasteiger partial charge on any atom is -0.324 e. The van der Waals surface area contributed by atoms with Crippen molar-refractivity contribution >= 4 is 50.5 Å². The zero-order valence-electron chi connectivity index (χ0n) is 11.2. The van der Waals surface area contributed by atoms with E-state index in [1.165, 1.54) is 11.3 Å². The van der Waals surface area contributed by atoms with E-state index in [4.69, 9.17) is 11.6 Å². The van der Waals surface area contributed by atoms with Gasteiger partial charge in [-0.15, -0.1) is 22.9 Å². The number of benzene rings is 1. The molecule has 20 heavy (non-hydrogen) atoms. The first-order chi connectivity index (χ1) is 9.49. The molecule has 3 nitrogen and oxygen atoms in total. The van der Waals surface area contributed by atoms with Gasteiger partial charge in [-0.3, -0.25) is 4.79 Å². The predicted molar refractivity (Wildman–Crippen MR) is 87.6 cm³/mol. The summed E-state index contributed by atoms with van der Waals surface area (Å²) >= 11 is 10.6. The second-order valence-corrected chi connectivity index (χ2v) is 6.59. The summed E-state index contributed by atoms with van der Waals surface area (Å²) in [5, 5.41) is 5.58. The van der Waals surface area contributed by atoms with E-state index in [0.717, 1.165) is 32.0 Å². The molecular weight excluding hydrogens is 360 g/mol. The molecule has 0 spiro atoms. The lowest BCUT2D eigenvalue weighted by molar-refractivity contribution is -0.115. The highest BCUT2D eigenvalue weighted by molar-refractivity contribution is 9.10. The number of nitrogens with zero attached hydrogens (tertiary/aromatic N) is 1. The largest absolute Gasteiger partial charge is 0.324 e. The summed E-state index contributed by atoms with van der Waals surface area (Å²) in [7, 11) is 0. The highest BCUT2D eigenvalue weighted by Gasteiger charge is 2.11. The normalized spacial score (nSPS) is 10.6. The van der Waals surface area contributed by atoms with E-state index < -0.39 is 0 Å². The molecule has 2 aromatic rings. The maximum atomic E-state index is 12.1. The maximum Gasteiger partial charge on any atom is 0.231 e. The van der Waals surface area contributed by atoms with Gasteiger partial charge in [0.2, 0.25) is 5.91 Å². The second kappa shape index (κ2) is 6.70. The number of halogens is 2. The topological polar surface area (TPSA) is 42.0 Å². The number of nitrogens with one attached hydrogen (secondary N) is 1. The number of amides is 1. The maximum absolute atomic E-state index is 12.1. The van der Waals surface area contributed by atoms with Gasteiger partial charge in [0.25, 0.3) is 0 Å². The number of rotatable bonds is 4. The monoisotopic (exact) mass is 372 g/mol. The SMILES string of the molecule is Cc1cc(C)c(NC(=O)Cc2nc(CCl)cs2)c(Br)c1. The molecule has 0 radical (unpaired) electrons. The average molecular weight is 374 g/mol. The van der Waals surface area contributed by atoms with Crippen molar-refractivity contribution in [3.05, 3.63) is 43.8 Å². The van der Waals surface area contributed by atoms with Crippen LogP contribution in [0, 0.1) is 13.8 Å². The Morgan fingerprint density at radius 1 is 1.45 bits per heavy atom. The number of anilines is 1. The number of aromatic nitrogens is 1. The first-order valence-corrected chi connectivity index (χ1v) is 8.26. The first-order valence-electron chi connectivity index (χ1n) is 6.05. The fraction of sp³-hybridized carbons (Fsp3) is 0.286. The molecule has 0 aliphatic carbocycles. The van der Waals surface area contributed by atoms with Crippen LogP contribution in [0.1, 0.15) is 21.8 Å². The minimum absolute atomic E-state index is 0.0758. The number of aryl methyl sites for hydroxylation is 2.